The molecule has 1 saturated carbocycles. The van der Waals surface area contributed by atoms with Gasteiger partial charge in [-0.05, 0) is 11.6 Å². The lowest BCUT2D eigenvalue weighted by atomic mass is 9.93. The van der Waals surface area contributed by atoms with E-state index in [0.29, 0.717) is 0 Å². The third-order valence-electron chi connectivity index (χ3n) is 4.70. The maximum atomic E-state index is 9.90. The summed E-state index contributed by atoms with van der Waals surface area (Å²) in [6.45, 7) is 0. The molecule has 3 rings (SSSR count). The lowest BCUT2D eigenvalue weighted by Crippen LogP contribution is -2.41. The van der Waals surface area contributed by atoms with Crippen LogP contribution >= 0.6 is 15.9 Å². The Morgan fingerprint density at radius 1 is 1.23 bits per heavy atom. The molecule has 6 nitrogen and oxygen atoms in total. The predicted octanol–water partition coefficient (Wildman–Crippen LogP) is 1.88. The van der Waals surface area contributed by atoms with Crippen LogP contribution in [-0.2, 0) is 9.47 Å². The second-order valence-electron chi connectivity index (χ2n) is 5.28. The van der Waals surface area contributed by atoms with Gasteiger partial charge in [-0.3, -0.25) is 0 Å². The summed E-state index contributed by atoms with van der Waals surface area (Å²) >= 11 is 3.47. The number of hydrogen-bond acceptors (Lipinski definition) is 6. The van der Waals surface area contributed by atoms with Crippen molar-refractivity contribution in [1.82, 2.24) is 0 Å². The van der Waals surface area contributed by atoms with Gasteiger partial charge in [0.2, 0.25) is 0 Å². The van der Waals surface area contributed by atoms with Gasteiger partial charge in [0.05, 0.1) is 12.1 Å². The highest BCUT2D eigenvalue weighted by atomic mass is 79.9. The Morgan fingerprint density at radius 3 is 2.36 bits per heavy atom. The number of methoxy groups -OCH3 is 2. The molecule has 1 fully saturated rings. The van der Waals surface area contributed by atoms with Gasteiger partial charge in [-0.1, -0.05) is 34.1 Å². The molecule has 3 atom stereocenters. The Kier molecular flexibility index (Phi) is 3.09. The number of benzene rings is 1. The van der Waals surface area contributed by atoms with E-state index in [4.69, 9.17) is 15.2 Å². The van der Waals surface area contributed by atoms with Gasteiger partial charge in [-0.15, -0.1) is 0 Å². The van der Waals surface area contributed by atoms with E-state index in [1.165, 1.54) is 14.2 Å². The van der Waals surface area contributed by atoms with Crippen molar-refractivity contribution in [2.24, 2.45) is 21.6 Å². The molecular weight excluding hydrogens is 348 g/mol. The molecule has 2 aliphatic rings. The molecule has 1 aromatic rings. The number of nitrogens with zero attached hydrogens (tertiary/aromatic N) is 3. The van der Waals surface area contributed by atoms with Gasteiger partial charge >= 0.3 is 0 Å². The van der Waals surface area contributed by atoms with Gasteiger partial charge in [-0.2, -0.15) is 10.5 Å². The van der Waals surface area contributed by atoms with E-state index in [9.17, 15) is 10.5 Å². The molecule has 0 saturated heterocycles. The van der Waals surface area contributed by atoms with Crippen LogP contribution in [0.3, 0.4) is 0 Å². The zero-order valence-electron chi connectivity index (χ0n) is 12.0. The molecule has 0 bridgehead atoms. The average Bonchev–Trinajstić information content (AvgIpc) is 3.10. The van der Waals surface area contributed by atoms with Crippen LogP contribution in [0.15, 0.2) is 33.7 Å². The minimum atomic E-state index is -1.58. The predicted molar refractivity (Wildman–Crippen MR) is 81.3 cm³/mol. The fraction of sp³-hybridized carbons (Fsp3) is 0.400. The first-order valence-electron chi connectivity index (χ1n) is 6.54. The van der Waals surface area contributed by atoms with Crippen LogP contribution in [0.1, 0.15) is 11.5 Å². The summed E-state index contributed by atoms with van der Waals surface area (Å²) < 4.78 is 11.6. The van der Waals surface area contributed by atoms with Crippen LogP contribution in [0.2, 0.25) is 0 Å². The molecule has 112 valence electrons. The Labute approximate surface area is 136 Å². The smallest absolute Gasteiger partial charge is 0.292 e. The molecular formula is C15H13BrN4O2. The SMILES string of the molecule is COC1(OC)N=C(N)[C@]2(C#N)[C@@H](c3ccccc3Br)[C@@]12C#N. The summed E-state index contributed by atoms with van der Waals surface area (Å²) in [6.07, 6.45) is 0. The second kappa shape index (κ2) is 4.53. The molecule has 1 heterocycles. The normalized spacial score (nSPS) is 34.2. The monoisotopic (exact) mass is 360 g/mol. The number of hydrogen-bond donors (Lipinski definition) is 1. The van der Waals surface area contributed by atoms with Crippen molar-refractivity contribution in [3.8, 4) is 12.1 Å². The van der Waals surface area contributed by atoms with Gasteiger partial charge < -0.3 is 15.2 Å². The summed E-state index contributed by atoms with van der Waals surface area (Å²) in [5.41, 5.74) is 4.27. The summed E-state index contributed by atoms with van der Waals surface area (Å²) in [7, 11) is 2.78. The largest absolute Gasteiger partial charge is 0.386 e. The van der Waals surface area contributed by atoms with Crippen LogP contribution in [-0.4, -0.2) is 26.0 Å². The molecule has 1 aliphatic heterocycles. The van der Waals surface area contributed by atoms with Crippen molar-refractivity contribution in [1.29, 1.82) is 10.5 Å². The Hall–Kier alpha value is -1.93. The minimum Gasteiger partial charge on any atom is -0.386 e. The summed E-state index contributed by atoms with van der Waals surface area (Å²) in [6, 6.07) is 11.8. The Bertz CT molecular complexity index is 762. The molecule has 0 aromatic heterocycles. The first-order chi connectivity index (χ1) is 10.5. The third-order valence-corrected chi connectivity index (χ3v) is 5.42. The highest BCUT2D eigenvalue weighted by molar-refractivity contribution is 9.10. The number of amidine groups is 1. The standard InChI is InChI=1S/C15H13BrN4O2/c1-21-15(22-2)14(8-18)11(9-5-3-4-6-10(9)16)13(14,7-17)12(19)20-15/h3-6,11H,1-2H3,(H2,19,20)/t11-,13+,14-/m1/s1. The number of aliphatic imine (C=N–C) groups is 1. The van der Waals surface area contributed by atoms with E-state index in [-0.39, 0.29) is 5.84 Å². The van der Waals surface area contributed by atoms with Crippen molar-refractivity contribution in [3.63, 3.8) is 0 Å². The molecule has 0 unspecified atom stereocenters. The van der Waals surface area contributed by atoms with Crippen molar-refractivity contribution in [3.05, 3.63) is 34.3 Å². The van der Waals surface area contributed by atoms with Crippen LogP contribution < -0.4 is 5.73 Å². The van der Waals surface area contributed by atoms with Crippen molar-refractivity contribution in [2.75, 3.05) is 14.2 Å². The average molecular weight is 361 g/mol. The maximum absolute atomic E-state index is 9.90. The Morgan fingerprint density at radius 2 is 1.86 bits per heavy atom. The number of nitriles is 2. The summed E-state index contributed by atoms with van der Waals surface area (Å²) in [5, 5.41) is 19.7. The lowest BCUT2D eigenvalue weighted by Gasteiger charge is -2.29. The van der Waals surface area contributed by atoms with Gasteiger partial charge in [0.15, 0.2) is 5.41 Å². The van der Waals surface area contributed by atoms with Crippen LogP contribution in [0, 0.1) is 33.5 Å². The number of rotatable bonds is 3. The van der Waals surface area contributed by atoms with Crippen LogP contribution in [0.25, 0.3) is 0 Å². The molecule has 7 heteroatoms. The lowest BCUT2D eigenvalue weighted by molar-refractivity contribution is -0.230. The van der Waals surface area contributed by atoms with E-state index >= 15 is 0 Å². The fourth-order valence-corrected chi connectivity index (χ4v) is 4.21. The van der Waals surface area contributed by atoms with Crippen molar-refractivity contribution < 1.29 is 9.47 Å². The van der Waals surface area contributed by atoms with Crippen LogP contribution in [0.5, 0.6) is 0 Å². The van der Waals surface area contributed by atoms with Crippen molar-refractivity contribution in [2.45, 2.75) is 11.8 Å². The second-order valence-corrected chi connectivity index (χ2v) is 6.14. The highest BCUT2D eigenvalue weighted by Gasteiger charge is 2.93. The van der Waals surface area contributed by atoms with Gasteiger partial charge in [0.1, 0.15) is 11.3 Å². The van der Waals surface area contributed by atoms with Gasteiger partial charge in [0.25, 0.3) is 5.91 Å². The van der Waals surface area contributed by atoms with Crippen LogP contribution in [0.4, 0.5) is 0 Å². The quantitative estimate of drug-likeness (QED) is 0.828. The molecule has 0 amide bonds. The molecule has 0 radical (unpaired) electrons. The fourth-order valence-electron chi connectivity index (χ4n) is 3.70. The number of fused-ring (bicyclic) bond motifs is 1. The van der Waals surface area contributed by atoms with E-state index in [2.05, 4.69) is 33.1 Å². The van der Waals surface area contributed by atoms with E-state index in [1.54, 1.807) is 0 Å². The first kappa shape index (κ1) is 15.0. The summed E-state index contributed by atoms with van der Waals surface area (Å²) in [4.78, 5) is 4.17. The van der Waals surface area contributed by atoms with E-state index in [0.717, 1.165) is 10.0 Å². The molecule has 0 spiro atoms. The summed E-state index contributed by atoms with van der Waals surface area (Å²) in [5.74, 6) is -1.99. The topological polar surface area (TPSA) is 104 Å². The number of halogens is 1. The third kappa shape index (κ3) is 1.28. The zero-order chi connectivity index (χ0) is 16.2. The minimum absolute atomic E-state index is 0.0704. The maximum Gasteiger partial charge on any atom is 0.292 e. The molecule has 22 heavy (non-hydrogen) atoms. The van der Waals surface area contributed by atoms with Gasteiger partial charge in [-0.25, -0.2) is 4.99 Å². The van der Waals surface area contributed by atoms with E-state index < -0.39 is 22.7 Å². The first-order valence-corrected chi connectivity index (χ1v) is 7.33. The number of ether oxygens (including phenoxy) is 2. The van der Waals surface area contributed by atoms with E-state index in [1.807, 2.05) is 24.3 Å². The molecule has 2 N–H and O–H groups in total. The van der Waals surface area contributed by atoms with Crippen molar-refractivity contribution >= 4 is 21.8 Å². The zero-order valence-corrected chi connectivity index (χ0v) is 13.6. The molecule has 1 aromatic carbocycles. The number of nitrogens with two attached hydrogens (primary N) is 1. The highest BCUT2D eigenvalue weighted by Crippen LogP contribution is 2.82. The molecule has 1 aliphatic carbocycles. The Balaban J connectivity index is 2.29. The van der Waals surface area contributed by atoms with Gasteiger partial charge in [0, 0.05) is 24.6 Å².